The molecule has 1 aliphatic carbocycles. The Morgan fingerprint density at radius 2 is 1.52 bits per heavy atom. The van der Waals surface area contributed by atoms with Gasteiger partial charge in [0.25, 0.3) is 0 Å². The van der Waals surface area contributed by atoms with E-state index >= 15 is 0 Å². The third kappa shape index (κ3) is 2.51. The Morgan fingerprint density at radius 3 is 2.42 bits per heavy atom. The fraction of sp³-hybridized carbons (Fsp3) is 0.0345. The fourth-order valence-electron chi connectivity index (χ4n) is 6.13. The summed E-state index contributed by atoms with van der Waals surface area (Å²) in [5, 5.41) is 2.62. The van der Waals surface area contributed by atoms with Gasteiger partial charge in [0, 0.05) is 14.3 Å². The molecule has 1 unspecified atom stereocenters. The van der Waals surface area contributed by atoms with Gasteiger partial charge in [-0.1, -0.05) is 111 Å². The second kappa shape index (κ2) is 6.91. The molecule has 0 fully saturated rings. The molecule has 33 heavy (non-hydrogen) atoms. The largest absolute Gasteiger partial charge is 0.140 e. The number of benzene rings is 5. The summed E-state index contributed by atoms with van der Waals surface area (Å²) < 4.78 is 1.12. The van der Waals surface area contributed by atoms with Crippen molar-refractivity contribution in [2.24, 2.45) is 0 Å². The first kappa shape index (κ1) is 19.8. The van der Waals surface area contributed by atoms with E-state index < -0.39 is 0 Å². The number of hydrogen-bond donors (Lipinski definition) is 0. The lowest BCUT2D eigenvalue weighted by atomic mass is 9.65. The molecule has 0 amide bonds. The van der Waals surface area contributed by atoms with Gasteiger partial charge in [-0.25, -0.2) is 0 Å². The first-order chi connectivity index (χ1) is 16.1. The van der Waals surface area contributed by atoms with Crippen LogP contribution in [0.5, 0.6) is 0 Å². The highest BCUT2D eigenvalue weighted by Gasteiger charge is 2.50. The minimum atomic E-state index is -0.327. The van der Waals surface area contributed by atoms with E-state index in [9.17, 15) is 0 Å². The summed E-state index contributed by atoms with van der Waals surface area (Å²) >= 11 is 5.74. The topological polar surface area (TPSA) is 0 Å². The molecule has 5 aromatic rings. The number of fused-ring (bicyclic) bond motifs is 11. The average Bonchev–Trinajstić information content (AvgIpc) is 3.11. The van der Waals surface area contributed by atoms with Gasteiger partial charge in [-0.2, -0.15) is 0 Å². The van der Waals surface area contributed by atoms with E-state index in [1.807, 2.05) is 11.8 Å². The van der Waals surface area contributed by atoms with Crippen LogP contribution in [-0.2, 0) is 5.41 Å². The predicted molar refractivity (Wildman–Crippen MR) is 149 cm³/mol. The molecule has 1 heterocycles. The molecule has 0 bridgehead atoms. The summed E-state index contributed by atoms with van der Waals surface area (Å²) in [6, 6.07) is 34.1. The second-order valence-electron chi connectivity index (χ2n) is 9.21. The Labute approximate surface area is 208 Å². The Balaban J connectivity index is 1.76. The third-order valence-corrected chi connectivity index (χ3v) is 9.13. The van der Waals surface area contributed by atoms with Crippen molar-refractivity contribution in [3.8, 4) is 11.1 Å². The molecule has 4 heteroatoms. The van der Waals surface area contributed by atoms with Gasteiger partial charge in [0.1, 0.15) is 15.7 Å². The molecule has 5 aromatic carbocycles. The van der Waals surface area contributed by atoms with E-state index in [0.717, 1.165) is 4.47 Å². The van der Waals surface area contributed by atoms with Gasteiger partial charge < -0.3 is 0 Å². The minimum Gasteiger partial charge on any atom is -0.0900 e. The van der Waals surface area contributed by atoms with Crippen LogP contribution in [0.4, 0.5) is 0 Å². The Bertz CT molecular complexity index is 1640. The molecule has 1 spiro atoms. The zero-order valence-electron chi connectivity index (χ0n) is 18.4. The molecule has 0 nitrogen and oxygen atoms in total. The molecule has 0 saturated carbocycles. The number of halogens is 1. The lowest BCUT2D eigenvalue weighted by molar-refractivity contribution is 0.725. The molecule has 2 aliphatic rings. The van der Waals surface area contributed by atoms with E-state index in [-0.39, 0.29) is 5.41 Å². The van der Waals surface area contributed by atoms with Crippen LogP contribution in [0, 0.1) is 0 Å². The molecule has 1 atom stereocenters. The highest BCUT2D eigenvalue weighted by molar-refractivity contribution is 9.10. The van der Waals surface area contributed by atoms with Crippen LogP contribution >= 0.6 is 27.7 Å². The van der Waals surface area contributed by atoms with Gasteiger partial charge >= 0.3 is 0 Å². The maximum Gasteiger partial charge on any atom is 0.140 e. The first-order valence-electron chi connectivity index (χ1n) is 11.3. The van der Waals surface area contributed by atoms with Crippen LogP contribution in [0.1, 0.15) is 22.3 Å². The Hall–Kier alpha value is -2.68. The van der Waals surface area contributed by atoms with Crippen molar-refractivity contribution in [3.05, 3.63) is 118 Å². The molecular weight excluding hydrogens is 482 g/mol. The zero-order chi connectivity index (χ0) is 22.3. The van der Waals surface area contributed by atoms with Crippen molar-refractivity contribution < 1.29 is 0 Å². The zero-order valence-corrected chi connectivity index (χ0v) is 20.8. The van der Waals surface area contributed by atoms with Crippen LogP contribution < -0.4 is 10.9 Å². The smallest absolute Gasteiger partial charge is 0.0900 e. The molecule has 0 aromatic heterocycles. The van der Waals surface area contributed by atoms with Gasteiger partial charge in [0.2, 0.25) is 0 Å². The maximum absolute atomic E-state index is 3.81. The number of hydrogen-bond acceptors (Lipinski definition) is 1. The highest BCUT2D eigenvalue weighted by atomic mass is 79.9. The monoisotopic (exact) mass is 500 g/mol. The SMILES string of the molecule is Bc1cc(B)c2c(c1)C1(c3ccccc3S2)c2cc(Br)ccc2-c2c1ccc1ccccc21. The standard InChI is InChI=1S/C29H19B2BrS/c30-17-13-24-28(25(31)14-17)33-26-8-4-3-7-21(26)29(24)22-12-9-16-5-1-2-6-19(16)27(22)20-11-10-18(32)15-23(20)29/h1-15H,30-31H2. The molecule has 7 rings (SSSR count). The van der Waals surface area contributed by atoms with Crippen LogP contribution in [0.3, 0.4) is 0 Å². The van der Waals surface area contributed by atoms with Crippen molar-refractivity contribution in [1.82, 2.24) is 0 Å². The van der Waals surface area contributed by atoms with Gasteiger partial charge in [-0.15, -0.1) is 0 Å². The van der Waals surface area contributed by atoms with Crippen molar-refractivity contribution in [3.63, 3.8) is 0 Å². The quantitative estimate of drug-likeness (QED) is 0.266. The van der Waals surface area contributed by atoms with Crippen LogP contribution in [0.2, 0.25) is 0 Å². The van der Waals surface area contributed by atoms with Crippen LogP contribution in [0.25, 0.3) is 21.9 Å². The summed E-state index contributed by atoms with van der Waals surface area (Å²) in [6.45, 7) is 0. The highest BCUT2D eigenvalue weighted by Crippen LogP contribution is 2.62. The lowest BCUT2D eigenvalue weighted by Crippen LogP contribution is -2.36. The lowest BCUT2D eigenvalue weighted by Gasteiger charge is -2.40. The predicted octanol–water partition coefficient (Wildman–Crippen LogP) is 4.95. The Morgan fingerprint density at radius 1 is 0.697 bits per heavy atom. The van der Waals surface area contributed by atoms with Gasteiger partial charge in [0.15, 0.2) is 0 Å². The van der Waals surface area contributed by atoms with Crippen molar-refractivity contribution >= 4 is 65.1 Å². The molecule has 1 aliphatic heterocycles. The summed E-state index contributed by atoms with van der Waals surface area (Å²) in [5.74, 6) is 0. The van der Waals surface area contributed by atoms with Crippen molar-refractivity contribution in [2.75, 3.05) is 0 Å². The average molecular weight is 501 g/mol. The molecule has 0 radical (unpaired) electrons. The normalized spacial score (nSPS) is 17.5. The van der Waals surface area contributed by atoms with E-state index in [0.29, 0.717) is 0 Å². The summed E-state index contributed by atoms with van der Waals surface area (Å²) in [5.41, 5.74) is 10.6. The summed E-state index contributed by atoms with van der Waals surface area (Å²) in [4.78, 5) is 2.75. The fourth-order valence-corrected chi connectivity index (χ4v) is 7.73. The van der Waals surface area contributed by atoms with Crippen LogP contribution in [0.15, 0.2) is 105 Å². The minimum absolute atomic E-state index is 0.327. The van der Waals surface area contributed by atoms with E-state index in [4.69, 9.17) is 0 Å². The molecule has 0 N–H and O–H groups in total. The summed E-state index contributed by atoms with van der Waals surface area (Å²) in [7, 11) is 4.49. The second-order valence-corrected chi connectivity index (χ2v) is 11.2. The van der Waals surface area contributed by atoms with E-state index in [1.165, 1.54) is 64.9 Å². The first-order valence-corrected chi connectivity index (χ1v) is 12.9. The molecule has 0 saturated heterocycles. The van der Waals surface area contributed by atoms with Crippen LogP contribution in [-0.4, -0.2) is 15.7 Å². The van der Waals surface area contributed by atoms with Gasteiger partial charge in [0.05, 0.1) is 5.41 Å². The third-order valence-electron chi connectivity index (χ3n) is 7.31. The molecule has 154 valence electrons. The summed E-state index contributed by atoms with van der Waals surface area (Å²) in [6.07, 6.45) is 0. The molecular formula is C29H19B2BrS. The maximum atomic E-state index is 3.81. The van der Waals surface area contributed by atoms with Crippen molar-refractivity contribution in [1.29, 1.82) is 0 Å². The van der Waals surface area contributed by atoms with E-state index in [2.05, 4.69) is 123 Å². The number of rotatable bonds is 0. The van der Waals surface area contributed by atoms with Crippen molar-refractivity contribution in [2.45, 2.75) is 15.2 Å². The van der Waals surface area contributed by atoms with E-state index in [1.54, 1.807) is 0 Å². The Kier molecular flexibility index (Phi) is 4.14. The van der Waals surface area contributed by atoms with Gasteiger partial charge in [-0.3, -0.25) is 0 Å². The van der Waals surface area contributed by atoms with Gasteiger partial charge in [-0.05, 0) is 62.4 Å².